The second kappa shape index (κ2) is 5.80. The van der Waals surface area contributed by atoms with Crippen LogP contribution in [0.5, 0.6) is 0 Å². The lowest BCUT2D eigenvalue weighted by molar-refractivity contribution is -0.137. The van der Waals surface area contributed by atoms with E-state index in [9.17, 15) is 18.0 Å². The van der Waals surface area contributed by atoms with Crippen LogP contribution in [0, 0.1) is 5.41 Å². The van der Waals surface area contributed by atoms with E-state index in [4.69, 9.17) is 22.5 Å². The largest absolute Gasteiger partial charge is 0.416 e. The quantitative estimate of drug-likeness (QED) is 0.346. The Labute approximate surface area is 123 Å². The lowest BCUT2D eigenvalue weighted by Gasteiger charge is -2.22. The van der Waals surface area contributed by atoms with Gasteiger partial charge in [0.2, 0.25) is 5.91 Å². The average Bonchev–Trinajstić information content (AvgIpc) is 2.35. The molecule has 1 aromatic rings. The Hall–Kier alpha value is -1.96. The molecular weight excluding hydrogens is 311 g/mol. The normalized spacial score (nSPS) is 13.1. The maximum atomic E-state index is 12.7. The van der Waals surface area contributed by atoms with Gasteiger partial charge in [-0.3, -0.25) is 4.79 Å². The van der Waals surface area contributed by atoms with Crippen molar-refractivity contribution in [3.05, 3.63) is 28.8 Å². The molecule has 0 aliphatic heterocycles. The number of amides is 1. The van der Waals surface area contributed by atoms with Gasteiger partial charge in [0.15, 0.2) is 5.84 Å². The molecule has 4 N–H and O–H groups in total. The van der Waals surface area contributed by atoms with Crippen LogP contribution >= 0.6 is 11.6 Å². The smallest absolute Gasteiger partial charge is 0.409 e. The summed E-state index contributed by atoms with van der Waals surface area (Å²) in [7, 11) is 0. The number of carbonyl (C=O) groups excluding carboxylic acids is 1. The number of rotatable bonds is 3. The molecule has 0 radical (unpaired) electrons. The number of nitrogens with two attached hydrogens (primary N) is 1. The summed E-state index contributed by atoms with van der Waals surface area (Å²) in [5.74, 6) is -1.12. The fraction of sp³-hybridized carbons (Fsp3) is 0.333. The van der Waals surface area contributed by atoms with Crippen LogP contribution in [0.3, 0.4) is 0 Å². The molecule has 0 aliphatic rings. The van der Waals surface area contributed by atoms with Crippen LogP contribution in [-0.4, -0.2) is 17.0 Å². The number of carbonyl (C=O) groups is 1. The van der Waals surface area contributed by atoms with E-state index >= 15 is 0 Å². The Kier molecular flexibility index (Phi) is 4.72. The van der Waals surface area contributed by atoms with Crippen molar-refractivity contribution < 1.29 is 23.2 Å². The standard InChI is InChI=1S/C12H13ClF3N3O2/c1-11(2,9(17)19-21)10(20)18-8-4-6(12(14,15)16)3-7(13)5-8/h3-5,21H,1-2H3,(H2,17,19)(H,18,20). The molecule has 0 fully saturated rings. The zero-order chi connectivity index (χ0) is 16.4. The Morgan fingerprint density at radius 2 is 1.90 bits per heavy atom. The van der Waals surface area contributed by atoms with E-state index in [1.807, 2.05) is 0 Å². The van der Waals surface area contributed by atoms with Crippen molar-refractivity contribution in [2.45, 2.75) is 20.0 Å². The molecular formula is C12H13ClF3N3O2. The Morgan fingerprint density at radius 1 is 1.33 bits per heavy atom. The fourth-order valence-electron chi connectivity index (χ4n) is 1.35. The highest BCUT2D eigenvalue weighted by Crippen LogP contribution is 2.33. The number of alkyl halides is 3. The first-order valence-corrected chi connectivity index (χ1v) is 6.03. The van der Waals surface area contributed by atoms with Crippen molar-refractivity contribution in [3.8, 4) is 0 Å². The lowest BCUT2D eigenvalue weighted by Crippen LogP contribution is -2.42. The summed E-state index contributed by atoms with van der Waals surface area (Å²) in [4.78, 5) is 12.0. The molecule has 0 unspecified atom stereocenters. The number of benzene rings is 1. The van der Waals surface area contributed by atoms with E-state index in [0.29, 0.717) is 0 Å². The second-order valence-electron chi connectivity index (χ2n) is 4.79. The topological polar surface area (TPSA) is 87.7 Å². The number of amidine groups is 1. The number of anilines is 1. The van der Waals surface area contributed by atoms with E-state index in [-0.39, 0.29) is 16.5 Å². The van der Waals surface area contributed by atoms with Crippen molar-refractivity contribution in [1.82, 2.24) is 0 Å². The van der Waals surface area contributed by atoms with E-state index in [2.05, 4.69) is 10.5 Å². The summed E-state index contributed by atoms with van der Waals surface area (Å²) in [6.07, 6.45) is -4.59. The van der Waals surface area contributed by atoms with Crippen LogP contribution in [0.15, 0.2) is 23.4 Å². The van der Waals surface area contributed by atoms with Crippen molar-refractivity contribution >= 4 is 29.0 Å². The van der Waals surface area contributed by atoms with Crippen LogP contribution in [0.25, 0.3) is 0 Å². The highest BCUT2D eigenvalue weighted by atomic mass is 35.5. The number of nitrogens with zero attached hydrogens (tertiary/aromatic N) is 1. The minimum Gasteiger partial charge on any atom is -0.409 e. The first-order valence-electron chi connectivity index (χ1n) is 5.65. The third kappa shape index (κ3) is 4.01. The number of nitrogens with one attached hydrogen (secondary N) is 1. The number of hydrogen-bond donors (Lipinski definition) is 3. The van der Waals surface area contributed by atoms with Crippen LogP contribution in [-0.2, 0) is 11.0 Å². The molecule has 1 aromatic carbocycles. The molecule has 116 valence electrons. The maximum absolute atomic E-state index is 12.7. The number of hydrogen-bond acceptors (Lipinski definition) is 3. The molecule has 21 heavy (non-hydrogen) atoms. The van der Waals surface area contributed by atoms with Gasteiger partial charge in [-0.2, -0.15) is 13.2 Å². The van der Waals surface area contributed by atoms with Crippen LogP contribution in [0.1, 0.15) is 19.4 Å². The van der Waals surface area contributed by atoms with Gasteiger partial charge in [0.05, 0.1) is 5.56 Å². The molecule has 1 rings (SSSR count). The van der Waals surface area contributed by atoms with Gasteiger partial charge in [-0.1, -0.05) is 16.8 Å². The molecule has 0 spiro atoms. The fourth-order valence-corrected chi connectivity index (χ4v) is 1.59. The monoisotopic (exact) mass is 323 g/mol. The molecule has 0 saturated carbocycles. The molecule has 1 amide bonds. The third-order valence-corrected chi connectivity index (χ3v) is 3.02. The predicted molar refractivity (Wildman–Crippen MR) is 72.3 cm³/mol. The summed E-state index contributed by atoms with van der Waals surface area (Å²) in [6.45, 7) is 2.71. The third-order valence-electron chi connectivity index (χ3n) is 2.80. The van der Waals surface area contributed by atoms with Crippen LogP contribution in [0.2, 0.25) is 5.02 Å². The first kappa shape index (κ1) is 17.1. The SMILES string of the molecule is CC(C)(C(=O)Nc1cc(Cl)cc(C(F)(F)F)c1)/C(N)=N/O. The first-order chi connectivity index (χ1) is 9.48. The molecule has 0 bridgehead atoms. The average molecular weight is 324 g/mol. The number of halogens is 4. The summed E-state index contributed by atoms with van der Waals surface area (Å²) in [5.41, 5.74) is 2.83. The minimum atomic E-state index is -4.59. The molecule has 0 heterocycles. The predicted octanol–water partition coefficient (Wildman–Crippen LogP) is 3.07. The van der Waals surface area contributed by atoms with Crippen LogP contribution in [0.4, 0.5) is 18.9 Å². The van der Waals surface area contributed by atoms with Crippen molar-refractivity contribution in [3.63, 3.8) is 0 Å². The van der Waals surface area contributed by atoms with Crippen molar-refractivity contribution in [2.24, 2.45) is 16.3 Å². The summed E-state index contributed by atoms with van der Waals surface area (Å²) in [6, 6.07) is 2.65. The van der Waals surface area contributed by atoms with E-state index in [1.54, 1.807) is 0 Å². The zero-order valence-electron chi connectivity index (χ0n) is 11.1. The lowest BCUT2D eigenvalue weighted by atomic mass is 9.91. The van der Waals surface area contributed by atoms with Gasteiger partial charge in [0, 0.05) is 10.7 Å². The van der Waals surface area contributed by atoms with E-state index in [1.165, 1.54) is 13.8 Å². The van der Waals surface area contributed by atoms with Crippen molar-refractivity contribution in [2.75, 3.05) is 5.32 Å². The summed E-state index contributed by atoms with van der Waals surface area (Å²) >= 11 is 5.60. The van der Waals surface area contributed by atoms with E-state index in [0.717, 1.165) is 18.2 Å². The van der Waals surface area contributed by atoms with Gasteiger partial charge in [-0.15, -0.1) is 0 Å². The van der Waals surface area contributed by atoms with Gasteiger partial charge in [0.1, 0.15) is 5.41 Å². The maximum Gasteiger partial charge on any atom is 0.416 e. The van der Waals surface area contributed by atoms with Gasteiger partial charge in [-0.25, -0.2) is 0 Å². The molecule has 0 saturated heterocycles. The molecule has 0 aliphatic carbocycles. The Bertz CT molecular complexity index is 586. The minimum absolute atomic E-state index is 0.140. The Balaban J connectivity index is 3.09. The van der Waals surface area contributed by atoms with Gasteiger partial charge >= 0.3 is 6.18 Å². The molecule has 5 nitrogen and oxygen atoms in total. The van der Waals surface area contributed by atoms with Gasteiger partial charge in [0.25, 0.3) is 0 Å². The molecule has 0 aromatic heterocycles. The Morgan fingerprint density at radius 3 is 2.38 bits per heavy atom. The summed E-state index contributed by atoms with van der Waals surface area (Å²) in [5, 5.41) is 13.4. The zero-order valence-corrected chi connectivity index (χ0v) is 11.9. The molecule has 0 atom stereocenters. The van der Waals surface area contributed by atoms with Crippen molar-refractivity contribution in [1.29, 1.82) is 0 Å². The van der Waals surface area contributed by atoms with Crippen LogP contribution < -0.4 is 11.1 Å². The highest BCUT2D eigenvalue weighted by Gasteiger charge is 2.34. The van der Waals surface area contributed by atoms with Gasteiger partial charge in [-0.05, 0) is 32.0 Å². The summed E-state index contributed by atoms with van der Waals surface area (Å²) < 4.78 is 38.0. The second-order valence-corrected chi connectivity index (χ2v) is 5.23. The molecule has 9 heteroatoms. The van der Waals surface area contributed by atoms with E-state index < -0.39 is 23.1 Å². The number of oxime groups is 1. The van der Waals surface area contributed by atoms with Gasteiger partial charge < -0.3 is 16.3 Å². The highest BCUT2D eigenvalue weighted by molar-refractivity contribution is 6.31.